The number of benzene rings is 6. The summed E-state index contributed by atoms with van der Waals surface area (Å²) in [6.07, 6.45) is 0. The van der Waals surface area contributed by atoms with E-state index >= 15 is 0 Å². The van der Waals surface area contributed by atoms with Crippen LogP contribution in [0.25, 0.3) is 61.8 Å². The molecule has 5 nitrogen and oxygen atoms in total. The van der Waals surface area contributed by atoms with Gasteiger partial charge in [0.2, 0.25) is 5.95 Å². The second kappa shape index (κ2) is 10.7. The summed E-state index contributed by atoms with van der Waals surface area (Å²) in [7, 11) is 0. The summed E-state index contributed by atoms with van der Waals surface area (Å²) in [5.74, 6) is 1.81. The number of anilines is 3. The Hall–Kier alpha value is -6.33. The molecule has 0 atom stereocenters. The Labute approximate surface area is 266 Å². The summed E-state index contributed by atoms with van der Waals surface area (Å²) >= 11 is 0. The molecule has 8 aromatic rings. The van der Waals surface area contributed by atoms with Crippen LogP contribution in [0.2, 0.25) is 0 Å². The molecular weight excluding hydrogens is 562 g/mol. The molecule has 46 heavy (non-hydrogen) atoms. The highest BCUT2D eigenvalue weighted by Crippen LogP contribution is 2.53. The molecule has 0 spiro atoms. The van der Waals surface area contributed by atoms with E-state index in [1.807, 2.05) is 60.7 Å². The first-order chi connectivity index (χ1) is 22.8. The van der Waals surface area contributed by atoms with Gasteiger partial charge in [-0.1, -0.05) is 133 Å². The van der Waals surface area contributed by atoms with Crippen molar-refractivity contribution in [1.29, 1.82) is 0 Å². The molecule has 6 aromatic carbocycles. The summed E-state index contributed by atoms with van der Waals surface area (Å²) in [5, 5.41) is 1.19. The Kier molecular flexibility index (Phi) is 6.06. The van der Waals surface area contributed by atoms with Crippen LogP contribution >= 0.6 is 0 Å². The number of hydrogen-bond donors (Lipinski definition) is 0. The minimum Gasteiger partial charge on any atom is -0.309 e. The van der Waals surface area contributed by atoms with E-state index in [9.17, 15) is 0 Å². The zero-order chi connectivity index (χ0) is 30.5. The molecule has 0 saturated carbocycles. The van der Waals surface area contributed by atoms with Crippen molar-refractivity contribution in [3.05, 3.63) is 164 Å². The summed E-state index contributed by atoms with van der Waals surface area (Å²) in [6.45, 7) is 0. The quantitative estimate of drug-likeness (QED) is 0.205. The van der Waals surface area contributed by atoms with Gasteiger partial charge >= 0.3 is 0 Å². The van der Waals surface area contributed by atoms with E-state index in [-0.39, 0.29) is 0 Å². The van der Waals surface area contributed by atoms with Gasteiger partial charge in [-0.2, -0.15) is 9.97 Å². The van der Waals surface area contributed by atoms with Gasteiger partial charge < -0.3 is 4.57 Å². The molecule has 0 aliphatic carbocycles. The van der Waals surface area contributed by atoms with Gasteiger partial charge in [-0.25, -0.2) is 4.98 Å². The second-order valence-electron chi connectivity index (χ2n) is 11.3. The van der Waals surface area contributed by atoms with Crippen molar-refractivity contribution < 1.29 is 0 Å². The first kappa shape index (κ1) is 26.1. The summed E-state index contributed by atoms with van der Waals surface area (Å²) in [6, 6.07) is 56.7. The number of hydrogen-bond acceptors (Lipinski definition) is 4. The monoisotopic (exact) mass is 589 g/mol. The molecule has 0 bridgehead atoms. The first-order valence-electron chi connectivity index (χ1n) is 15.4. The molecule has 0 fully saturated rings. The minimum atomic E-state index is 0.563. The van der Waals surface area contributed by atoms with Crippen LogP contribution in [0.4, 0.5) is 17.3 Å². The normalized spacial score (nSPS) is 11.9. The summed E-state index contributed by atoms with van der Waals surface area (Å²) in [4.78, 5) is 17.5. The summed E-state index contributed by atoms with van der Waals surface area (Å²) < 4.78 is 2.39. The van der Waals surface area contributed by atoms with E-state index < -0.39 is 0 Å². The van der Waals surface area contributed by atoms with Crippen molar-refractivity contribution in [3.63, 3.8) is 0 Å². The molecule has 9 rings (SSSR count). The number of nitrogens with zero attached hydrogens (tertiary/aromatic N) is 5. The van der Waals surface area contributed by atoms with Crippen molar-refractivity contribution in [2.45, 2.75) is 0 Å². The topological polar surface area (TPSA) is 46.8 Å². The smallest absolute Gasteiger partial charge is 0.238 e. The Morgan fingerprint density at radius 3 is 1.57 bits per heavy atom. The Bertz CT molecular complexity index is 2310. The van der Waals surface area contributed by atoms with Gasteiger partial charge in [-0.05, 0) is 30.3 Å². The lowest BCUT2D eigenvalue weighted by molar-refractivity contribution is 1.02. The molecule has 0 saturated heterocycles. The maximum atomic E-state index is 5.18. The molecular formula is C41H27N5. The van der Waals surface area contributed by atoms with Crippen molar-refractivity contribution in [3.8, 4) is 50.8 Å². The highest BCUT2D eigenvalue weighted by molar-refractivity contribution is 6.12. The van der Waals surface area contributed by atoms with Crippen LogP contribution in [0.15, 0.2) is 164 Å². The third-order valence-electron chi connectivity index (χ3n) is 8.59. The van der Waals surface area contributed by atoms with Crippen LogP contribution in [0, 0.1) is 0 Å². The van der Waals surface area contributed by atoms with Crippen molar-refractivity contribution in [1.82, 2.24) is 19.5 Å². The van der Waals surface area contributed by atoms with Crippen molar-refractivity contribution in [2.24, 2.45) is 0 Å². The van der Waals surface area contributed by atoms with Gasteiger partial charge in [0.25, 0.3) is 0 Å². The van der Waals surface area contributed by atoms with Crippen LogP contribution < -0.4 is 4.90 Å². The SMILES string of the molecule is c1ccc(-c2nc(-c3ccccc3)nc(N3c4ccccc4-c4c(n(-c5ccccc5)c5ccccc45)-c4ccccc43)n2)cc1. The zero-order valence-electron chi connectivity index (χ0n) is 24.8. The van der Waals surface area contributed by atoms with E-state index in [1.54, 1.807) is 0 Å². The molecule has 0 N–H and O–H groups in total. The van der Waals surface area contributed by atoms with E-state index in [0.29, 0.717) is 17.6 Å². The molecule has 1 aliphatic heterocycles. The largest absolute Gasteiger partial charge is 0.309 e. The fourth-order valence-electron chi connectivity index (χ4n) is 6.60. The highest BCUT2D eigenvalue weighted by Gasteiger charge is 2.32. The van der Waals surface area contributed by atoms with E-state index in [2.05, 4.69) is 113 Å². The first-order valence-corrected chi connectivity index (χ1v) is 15.4. The lowest BCUT2D eigenvalue weighted by Gasteiger charge is -2.26. The number of rotatable bonds is 4. The third kappa shape index (κ3) is 4.14. The average Bonchev–Trinajstić information content (AvgIpc) is 3.42. The lowest BCUT2D eigenvalue weighted by Crippen LogP contribution is -2.16. The Balaban J connectivity index is 1.39. The molecule has 3 heterocycles. The number of para-hydroxylation sites is 4. The fraction of sp³-hybridized carbons (Fsp3) is 0. The Morgan fingerprint density at radius 1 is 0.413 bits per heavy atom. The van der Waals surface area contributed by atoms with Crippen molar-refractivity contribution in [2.75, 3.05) is 4.90 Å². The van der Waals surface area contributed by atoms with E-state index in [0.717, 1.165) is 50.5 Å². The van der Waals surface area contributed by atoms with Gasteiger partial charge in [0, 0.05) is 38.9 Å². The number of fused-ring (bicyclic) bond motifs is 7. The van der Waals surface area contributed by atoms with Crippen LogP contribution in [0.5, 0.6) is 0 Å². The van der Waals surface area contributed by atoms with E-state index in [1.165, 1.54) is 10.9 Å². The predicted octanol–water partition coefficient (Wildman–Crippen LogP) is 10.3. The van der Waals surface area contributed by atoms with Gasteiger partial charge in [0.1, 0.15) is 0 Å². The molecule has 0 radical (unpaired) electrons. The standard InChI is InChI=1S/C41H27N5/c1-4-16-28(17-5-1)39-42-40(29-18-6-2-7-19-29)44-41(43-39)46-35-26-14-11-23-32(35)37-31-22-10-13-25-34(31)45(30-20-8-3-9-21-30)38(37)33-24-12-15-27-36(33)46/h1-27H. The van der Waals surface area contributed by atoms with Crippen LogP contribution in [-0.4, -0.2) is 19.5 Å². The molecule has 216 valence electrons. The van der Waals surface area contributed by atoms with Gasteiger partial charge in [0.15, 0.2) is 11.6 Å². The zero-order valence-corrected chi connectivity index (χ0v) is 24.8. The summed E-state index contributed by atoms with van der Waals surface area (Å²) in [5.41, 5.74) is 10.7. The maximum absolute atomic E-state index is 5.18. The molecule has 2 aromatic heterocycles. The van der Waals surface area contributed by atoms with Crippen molar-refractivity contribution >= 4 is 28.2 Å². The molecule has 5 heteroatoms. The highest BCUT2D eigenvalue weighted by atomic mass is 15.3. The van der Waals surface area contributed by atoms with Gasteiger partial charge in [-0.3, -0.25) is 4.90 Å². The maximum Gasteiger partial charge on any atom is 0.238 e. The average molecular weight is 590 g/mol. The van der Waals surface area contributed by atoms with Crippen LogP contribution in [0.1, 0.15) is 0 Å². The second-order valence-corrected chi connectivity index (χ2v) is 11.3. The Morgan fingerprint density at radius 2 is 0.913 bits per heavy atom. The lowest BCUT2D eigenvalue weighted by atomic mass is 9.98. The predicted molar refractivity (Wildman–Crippen MR) is 187 cm³/mol. The van der Waals surface area contributed by atoms with E-state index in [4.69, 9.17) is 15.0 Å². The van der Waals surface area contributed by atoms with Gasteiger partial charge in [0.05, 0.1) is 22.6 Å². The third-order valence-corrected chi connectivity index (χ3v) is 8.59. The fourth-order valence-corrected chi connectivity index (χ4v) is 6.60. The van der Waals surface area contributed by atoms with Gasteiger partial charge in [-0.15, -0.1) is 0 Å². The molecule has 0 amide bonds. The van der Waals surface area contributed by atoms with Crippen LogP contribution in [0.3, 0.4) is 0 Å². The molecule has 0 unspecified atom stereocenters. The van der Waals surface area contributed by atoms with Crippen LogP contribution in [-0.2, 0) is 0 Å². The number of aromatic nitrogens is 4. The molecule has 1 aliphatic rings. The minimum absolute atomic E-state index is 0.563.